The van der Waals surface area contributed by atoms with Crippen LogP contribution >= 0.6 is 0 Å². The molecule has 5 heteroatoms. The molecule has 0 fully saturated rings. The summed E-state index contributed by atoms with van der Waals surface area (Å²) in [5.74, 6) is 0.612. The number of hydrogen-bond donors (Lipinski definition) is 1. The molecule has 4 aromatic rings. The lowest BCUT2D eigenvalue weighted by molar-refractivity contribution is 0.0952. The Kier molecular flexibility index (Phi) is 5.20. The Balaban J connectivity index is 1.76. The summed E-state index contributed by atoms with van der Waals surface area (Å²) >= 11 is 0. The molecule has 0 atom stereocenters. The molecule has 1 N–H and O–H groups in total. The van der Waals surface area contributed by atoms with Gasteiger partial charge in [-0.15, -0.1) is 0 Å². The molecule has 0 spiro atoms. The maximum atomic E-state index is 13.1. The van der Waals surface area contributed by atoms with E-state index in [2.05, 4.69) is 10.3 Å². The summed E-state index contributed by atoms with van der Waals surface area (Å²) in [6.45, 7) is 2.44. The minimum atomic E-state index is -0.135. The smallest absolute Gasteiger partial charge is 0.252 e. The molecule has 0 aliphatic heterocycles. The van der Waals surface area contributed by atoms with Crippen LogP contribution in [0.1, 0.15) is 21.5 Å². The zero-order valence-electron chi connectivity index (χ0n) is 16.3. The van der Waals surface area contributed by atoms with Crippen molar-refractivity contribution in [2.45, 2.75) is 13.5 Å². The van der Waals surface area contributed by atoms with Crippen LogP contribution in [0.15, 0.2) is 73.1 Å². The first-order valence-electron chi connectivity index (χ1n) is 9.37. The fraction of sp³-hybridized carbons (Fsp3) is 0.125. The fourth-order valence-corrected chi connectivity index (χ4v) is 3.24. The predicted molar refractivity (Wildman–Crippen MR) is 114 cm³/mol. The van der Waals surface area contributed by atoms with Gasteiger partial charge in [-0.3, -0.25) is 9.78 Å². The molecule has 29 heavy (non-hydrogen) atoms. The number of aryl methyl sites for hydroxylation is 1. The lowest BCUT2D eigenvalue weighted by atomic mass is 10.0. The van der Waals surface area contributed by atoms with Crippen LogP contribution in [0.4, 0.5) is 0 Å². The van der Waals surface area contributed by atoms with Gasteiger partial charge in [-0.2, -0.15) is 0 Å². The van der Waals surface area contributed by atoms with Crippen LogP contribution in [-0.4, -0.2) is 23.0 Å². The molecule has 2 heterocycles. The van der Waals surface area contributed by atoms with Gasteiger partial charge in [0.1, 0.15) is 5.75 Å². The number of benzene rings is 2. The van der Waals surface area contributed by atoms with Crippen molar-refractivity contribution in [2.75, 3.05) is 7.11 Å². The van der Waals surface area contributed by atoms with Crippen molar-refractivity contribution in [1.82, 2.24) is 15.3 Å². The molecule has 2 aromatic heterocycles. The second kappa shape index (κ2) is 8.10. The van der Waals surface area contributed by atoms with Crippen molar-refractivity contribution >= 4 is 16.8 Å². The molecule has 1 amide bonds. The van der Waals surface area contributed by atoms with Gasteiger partial charge in [0.05, 0.1) is 23.9 Å². The zero-order valence-corrected chi connectivity index (χ0v) is 16.3. The van der Waals surface area contributed by atoms with Crippen molar-refractivity contribution in [3.05, 3.63) is 89.7 Å². The summed E-state index contributed by atoms with van der Waals surface area (Å²) in [6, 6.07) is 19.3. The predicted octanol–water partition coefficient (Wildman–Crippen LogP) is 4.54. The topological polar surface area (TPSA) is 64.1 Å². The minimum absolute atomic E-state index is 0.135. The molecule has 0 unspecified atom stereocenters. The molecule has 0 saturated heterocycles. The Bertz CT molecular complexity index is 1170. The lowest BCUT2D eigenvalue weighted by Gasteiger charge is -2.12. The first-order chi connectivity index (χ1) is 14.1. The van der Waals surface area contributed by atoms with E-state index < -0.39 is 0 Å². The molecule has 0 bridgehead atoms. The molecule has 2 aromatic carbocycles. The highest BCUT2D eigenvalue weighted by Crippen LogP contribution is 2.28. The Morgan fingerprint density at radius 1 is 1.03 bits per heavy atom. The number of carbonyl (C=O) groups is 1. The van der Waals surface area contributed by atoms with Crippen LogP contribution in [0.5, 0.6) is 5.75 Å². The molecular weight excluding hydrogens is 362 g/mol. The average molecular weight is 383 g/mol. The van der Waals surface area contributed by atoms with Gasteiger partial charge in [-0.25, -0.2) is 4.98 Å². The van der Waals surface area contributed by atoms with E-state index in [-0.39, 0.29) is 5.91 Å². The standard InChI is InChI=1S/C24H21N3O2/c1-16-6-7-22-20(12-16)21(24(28)26-15-17-8-10-25-11-9-17)14-23(27-22)18-4-3-5-19(13-18)29-2/h3-14H,15H2,1-2H3,(H,26,28). The highest BCUT2D eigenvalue weighted by atomic mass is 16.5. The van der Waals surface area contributed by atoms with Crippen molar-refractivity contribution in [2.24, 2.45) is 0 Å². The van der Waals surface area contributed by atoms with Crippen LogP contribution in [0.2, 0.25) is 0 Å². The first-order valence-corrected chi connectivity index (χ1v) is 9.37. The van der Waals surface area contributed by atoms with Gasteiger partial charge in [0.2, 0.25) is 0 Å². The summed E-state index contributed by atoms with van der Waals surface area (Å²) in [5, 5.41) is 3.85. The molecule has 4 rings (SSSR count). The van der Waals surface area contributed by atoms with Gasteiger partial charge in [-0.1, -0.05) is 23.8 Å². The van der Waals surface area contributed by atoms with Crippen molar-refractivity contribution in [3.63, 3.8) is 0 Å². The van der Waals surface area contributed by atoms with E-state index in [0.717, 1.165) is 39.0 Å². The van der Waals surface area contributed by atoms with Gasteiger partial charge in [0, 0.05) is 29.9 Å². The number of methoxy groups -OCH3 is 1. The maximum Gasteiger partial charge on any atom is 0.252 e. The van der Waals surface area contributed by atoms with E-state index >= 15 is 0 Å². The van der Waals surface area contributed by atoms with E-state index in [9.17, 15) is 4.79 Å². The van der Waals surface area contributed by atoms with E-state index in [1.165, 1.54) is 0 Å². The second-order valence-corrected chi connectivity index (χ2v) is 6.85. The number of aromatic nitrogens is 2. The lowest BCUT2D eigenvalue weighted by Crippen LogP contribution is -2.23. The second-order valence-electron chi connectivity index (χ2n) is 6.85. The third-order valence-corrected chi connectivity index (χ3v) is 4.78. The number of pyridine rings is 2. The normalized spacial score (nSPS) is 10.7. The summed E-state index contributed by atoms with van der Waals surface area (Å²) in [6.07, 6.45) is 3.43. The van der Waals surface area contributed by atoms with Gasteiger partial charge >= 0.3 is 0 Å². The van der Waals surface area contributed by atoms with Crippen molar-refractivity contribution < 1.29 is 9.53 Å². The molecule has 5 nitrogen and oxygen atoms in total. The third kappa shape index (κ3) is 4.09. The highest BCUT2D eigenvalue weighted by molar-refractivity contribution is 6.07. The number of nitrogens with one attached hydrogen (secondary N) is 1. The van der Waals surface area contributed by atoms with Crippen LogP contribution in [0.25, 0.3) is 22.2 Å². The molecular formula is C24H21N3O2. The first kappa shape index (κ1) is 18.6. The number of fused-ring (bicyclic) bond motifs is 1. The number of ether oxygens (including phenoxy) is 1. The molecule has 0 radical (unpaired) electrons. The minimum Gasteiger partial charge on any atom is -0.497 e. The average Bonchev–Trinajstić information content (AvgIpc) is 2.77. The number of carbonyl (C=O) groups excluding carboxylic acids is 1. The van der Waals surface area contributed by atoms with Gasteiger partial charge in [-0.05, 0) is 55.0 Å². The number of amides is 1. The van der Waals surface area contributed by atoms with Crippen LogP contribution in [-0.2, 0) is 6.54 Å². The van der Waals surface area contributed by atoms with Crippen LogP contribution < -0.4 is 10.1 Å². The van der Waals surface area contributed by atoms with Crippen LogP contribution in [0.3, 0.4) is 0 Å². The third-order valence-electron chi connectivity index (χ3n) is 4.78. The molecule has 144 valence electrons. The van der Waals surface area contributed by atoms with E-state index in [4.69, 9.17) is 9.72 Å². The van der Waals surface area contributed by atoms with Crippen molar-refractivity contribution in [3.8, 4) is 17.0 Å². The van der Waals surface area contributed by atoms with Gasteiger partial charge in [0.25, 0.3) is 5.91 Å². The fourth-order valence-electron chi connectivity index (χ4n) is 3.24. The summed E-state index contributed by atoms with van der Waals surface area (Å²) in [5.41, 5.74) is 5.09. The molecule has 0 aliphatic rings. The summed E-state index contributed by atoms with van der Waals surface area (Å²) < 4.78 is 5.33. The van der Waals surface area contributed by atoms with E-state index in [1.807, 2.05) is 67.6 Å². The SMILES string of the molecule is COc1cccc(-c2cc(C(=O)NCc3ccncc3)c3cc(C)ccc3n2)c1. The number of nitrogens with zero attached hydrogens (tertiary/aromatic N) is 2. The monoisotopic (exact) mass is 383 g/mol. The van der Waals surface area contributed by atoms with E-state index in [1.54, 1.807) is 19.5 Å². The van der Waals surface area contributed by atoms with Gasteiger partial charge < -0.3 is 10.1 Å². The highest BCUT2D eigenvalue weighted by Gasteiger charge is 2.14. The number of rotatable bonds is 5. The summed E-state index contributed by atoms with van der Waals surface area (Å²) in [7, 11) is 1.63. The molecule has 0 aliphatic carbocycles. The Hall–Kier alpha value is -3.73. The quantitative estimate of drug-likeness (QED) is 0.549. The van der Waals surface area contributed by atoms with Crippen LogP contribution in [0, 0.1) is 6.92 Å². The Morgan fingerprint density at radius 3 is 2.66 bits per heavy atom. The van der Waals surface area contributed by atoms with Crippen molar-refractivity contribution in [1.29, 1.82) is 0 Å². The largest absolute Gasteiger partial charge is 0.497 e. The van der Waals surface area contributed by atoms with Gasteiger partial charge in [0.15, 0.2) is 0 Å². The zero-order chi connectivity index (χ0) is 20.2. The molecule has 0 saturated carbocycles. The maximum absolute atomic E-state index is 13.1. The number of hydrogen-bond acceptors (Lipinski definition) is 4. The Labute approximate surface area is 169 Å². The van der Waals surface area contributed by atoms with E-state index in [0.29, 0.717) is 12.1 Å². The Morgan fingerprint density at radius 2 is 1.86 bits per heavy atom. The summed E-state index contributed by atoms with van der Waals surface area (Å²) in [4.78, 5) is 21.9.